The molecule has 0 aliphatic carbocycles. The summed E-state index contributed by atoms with van der Waals surface area (Å²) >= 11 is -0.218. The Kier molecular flexibility index (Phi) is 7.15. The van der Waals surface area contributed by atoms with Gasteiger partial charge in [-0.15, -0.1) is 10.2 Å². The first-order valence-corrected chi connectivity index (χ1v) is 11.5. The Hall–Kier alpha value is -4.06. The molecule has 2 N–H and O–H groups in total. The second-order valence-corrected chi connectivity index (χ2v) is 8.85. The number of ether oxygens (including phenoxy) is 1. The molecule has 4 aromatic rings. The maximum atomic E-state index is 12.4. The van der Waals surface area contributed by atoms with E-state index >= 15 is 0 Å². The molecular weight excluding hydrogens is 493 g/mol. The van der Waals surface area contributed by atoms with Crippen LogP contribution in [-0.4, -0.2) is 31.5 Å². The molecule has 2 heterocycles. The number of thioether (sulfide) groups is 1. The Labute approximate surface area is 208 Å². The smallest absolute Gasteiger partial charge is 0.438 e. The molecule has 2 aromatic heterocycles. The fourth-order valence-electron chi connectivity index (χ4n) is 3.18. The van der Waals surface area contributed by atoms with E-state index in [0.29, 0.717) is 28.8 Å². The highest BCUT2D eigenvalue weighted by molar-refractivity contribution is 8.00. The topological polar surface area (TPSA) is 94.0 Å². The molecular formula is C24H21F3N6O2S. The van der Waals surface area contributed by atoms with Gasteiger partial charge in [0.05, 0.1) is 5.69 Å². The molecule has 2 amide bonds. The Morgan fingerprint density at radius 2 is 1.50 bits per heavy atom. The van der Waals surface area contributed by atoms with Crippen LogP contribution in [0.4, 0.5) is 29.3 Å². The van der Waals surface area contributed by atoms with Gasteiger partial charge >= 0.3 is 11.5 Å². The van der Waals surface area contributed by atoms with E-state index in [1.54, 1.807) is 41.1 Å². The molecule has 2 aromatic carbocycles. The van der Waals surface area contributed by atoms with E-state index in [9.17, 15) is 18.0 Å². The molecule has 186 valence electrons. The third-order valence-electron chi connectivity index (χ3n) is 5.18. The second kappa shape index (κ2) is 10.3. The highest BCUT2D eigenvalue weighted by Crippen LogP contribution is 2.37. The van der Waals surface area contributed by atoms with Gasteiger partial charge in [-0.1, -0.05) is 0 Å². The molecule has 4 rings (SSSR count). The Balaban J connectivity index is 1.32. The van der Waals surface area contributed by atoms with Crippen LogP contribution in [0.5, 0.6) is 11.6 Å². The molecule has 8 nitrogen and oxygen atoms in total. The normalized spacial score (nSPS) is 11.3. The van der Waals surface area contributed by atoms with Crippen molar-refractivity contribution < 1.29 is 22.7 Å². The lowest BCUT2D eigenvalue weighted by Gasteiger charge is -2.10. The number of rotatable bonds is 6. The second-order valence-electron chi connectivity index (χ2n) is 7.72. The van der Waals surface area contributed by atoms with Crippen molar-refractivity contribution in [3.63, 3.8) is 0 Å². The Morgan fingerprint density at radius 3 is 2.00 bits per heavy atom. The number of alkyl halides is 3. The Bertz CT molecular complexity index is 1360. The lowest BCUT2D eigenvalue weighted by molar-refractivity contribution is -0.0328. The van der Waals surface area contributed by atoms with Gasteiger partial charge in [0.1, 0.15) is 5.75 Å². The number of anilines is 2. The van der Waals surface area contributed by atoms with Gasteiger partial charge in [0.25, 0.3) is 0 Å². The molecule has 0 saturated heterocycles. The quantitative estimate of drug-likeness (QED) is 0.280. The SMILES string of the molecule is Cc1nn(-c2ccc(Oc3ccc(NC(=O)Nc4ccc(SC(F)(F)F)cc4)cc3)nn2)c(C)c1C. The van der Waals surface area contributed by atoms with Crippen molar-refractivity contribution >= 4 is 29.2 Å². The summed E-state index contributed by atoms with van der Waals surface area (Å²) in [4.78, 5) is 12.2. The standard InChI is InChI=1S/C24H21F3N6O2S/c1-14-15(2)32-33(16(14)3)21-12-13-22(31-30-21)35-19-8-4-17(5-9-19)28-23(34)29-18-6-10-20(11-7-18)36-24(25,26)27/h4-13H,1-3H3,(H2,28,29,34). The maximum Gasteiger partial charge on any atom is 0.446 e. The average molecular weight is 515 g/mol. The summed E-state index contributed by atoms with van der Waals surface area (Å²) in [5.41, 5.74) is -0.509. The highest BCUT2D eigenvalue weighted by Gasteiger charge is 2.29. The van der Waals surface area contributed by atoms with Crippen molar-refractivity contribution in [3.05, 3.63) is 77.6 Å². The molecule has 36 heavy (non-hydrogen) atoms. The van der Waals surface area contributed by atoms with Crippen LogP contribution < -0.4 is 15.4 Å². The van der Waals surface area contributed by atoms with Gasteiger partial charge in [-0.3, -0.25) is 0 Å². The van der Waals surface area contributed by atoms with Crippen LogP contribution in [0.1, 0.15) is 17.0 Å². The van der Waals surface area contributed by atoms with Crippen molar-refractivity contribution in [2.24, 2.45) is 0 Å². The van der Waals surface area contributed by atoms with Gasteiger partial charge in [0.2, 0.25) is 5.88 Å². The van der Waals surface area contributed by atoms with Gasteiger partial charge in [0.15, 0.2) is 5.82 Å². The number of urea groups is 1. The van der Waals surface area contributed by atoms with Gasteiger partial charge in [-0.25, -0.2) is 9.48 Å². The molecule has 0 saturated carbocycles. The van der Waals surface area contributed by atoms with Crippen LogP contribution in [-0.2, 0) is 0 Å². The van der Waals surface area contributed by atoms with Gasteiger partial charge in [-0.05, 0) is 92.7 Å². The number of benzene rings is 2. The van der Waals surface area contributed by atoms with E-state index < -0.39 is 11.5 Å². The minimum atomic E-state index is -4.37. The van der Waals surface area contributed by atoms with E-state index in [-0.39, 0.29) is 16.7 Å². The lowest BCUT2D eigenvalue weighted by atomic mass is 10.2. The molecule has 0 bridgehead atoms. The average Bonchev–Trinajstić information content (AvgIpc) is 3.08. The minimum absolute atomic E-state index is 0.0325. The van der Waals surface area contributed by atoms with Crippen LogP contribution in [0.15, 0.2) is 65.6 Å². The van der Waals surface area contributed by atoms with Crippen LogP contribution in [0.2, 0.25) is 0 Å². The number of aromatic nitrogens is 4. The van der Waals surface area contributed by atoms with Crippen molar-refractivity contribution in [2.45, 2.75) is 31.2 Å². The van der Waals surface area contributed by atoms with Gasteiger partial charge < -0.3 is 15.4 Å². The van der Waals surface area contributed by atoms with Crippen molar-refractivity contribution in [3.8, 4) is 17.4 Å². The molecule has 0 unspecified atom stereocenters. The summed E-state index contributed by atoms with van der Waals surface area (Å²) in [7, 11) is 0. The summed E-state index contributed by atoms with van der Waals surface area (Å²) in [5, 5.41) is 18.0. The number of hydrogen-bond acceptors (Lipinski definition) is 6. The summed E-state index contributed by atoms with van der Waals surface area (Å²) < 4.78 is 44.7. The van der Waals surface area contributed by atoms with Gasteiger partial charge in [-0.2, -0.15) is 18.3 Å². The first-order chi connectivity index (χ1) is 17.1. The number of nitrogens with one attached hydrogen (secondary N) is 2. The predicted molar refractivity (Wildman–Crippen MR) is 131 cm³/mol. The maximum absolute atomic E-state index is 12.4. The van der Waals surface area contributed by atoms with Crippen LogP contribution >= 0.6 is 11.8 Å². The van der Waals surface area contributed by atoms with Crippen molar-refractivity contribution in [1.29, 1.82) is 0 Å². The molecule has 0 aliphatic rings. The number of hydrogen-bond donors (Lipinski definition) is 2. The van der Waals surface area contributed by atoms with E-state index in [4.69, 9.17) is 4.74 Å². The number of nitrogens with zero attached hydrogens (tertiary/aromatic N) is 4. The number of aryl methyl sites for hydroxylation is 1. The molecule has 0 radical (unpaired) electrons. The molecule has 0 aliphatic heterocycles. The first-order valence-electron chi connectivity index (χ1n) is 10.7. The van der Waals surface area contributed by atoms with Gasteiger partial charge in [0, 0.05) is 28.0 Å². The molecule has 12 heteroatoms. The van der Waals surface area contributed by atoms with Crippen LogP contribution in [0, 0.1) is 20.8 Å². The molecule has 0 atom stereocenters. The molecule has 0 fully saturated rings. The number of halogens is 3. The van der Waals surface area contributed by atoms with Crippen molar-refractivity contribution in [1.82, 2.24) is 20.0 Å². The largest absolute Gasteiger partial charge is 0.446 e. The fourth-order valence-corrected chi connectivity index (χ4v) is 3.72. The van der Waals surface area contributed by atoms with E-state index in [2.05, 4.69) is 25.9 Å². The minimum Gasteiger partial charge on any atom is -0.438 e. The third-order valence-corrected chi connectivity index (χ3v) is 5.92. The summed E-state index contributed by atoms with van der Waals surface area (Å²) in [6, 6.07) is 14.8. The summed E-state index contributed by atoms with van der Waals surface area (Å²) in [6.45, 7) is 5.90. The first kappa shape index (κ1) is 25.0. The predicted octanol–water partition coefficient (Wildman–Crippen LogP) is 6.64. The zero-order valence-electron chi connectivity index (χ0n) is 19.4. The van der Waals surface area contributed by atoms with E-state index in [1.807, 2.05) is 20.8 Å². The van der Waals surface area contributed by atoms with E-state index in [1.165, 1.54) is 24.3 Å². The number of carbonyl (C=O) groups is 1. The highest BCUT2D eigenvalue weighted by atomic mass is 32.2. The third kappa shape index (κ3) is 6.33. The number of amides is 2. The van der Waals surface area contributed by atoms with Crippen molar-refractivity contribution in [2.75, 3.05) is 10.6 Å². The number of carbonyl (C=O) groups excluding carboxylic acids is 1. The summed E-state index contributed by atoms with van der Waals surface area (Å²) in [5.74, 6) is 1.36. The fraction of sp³-hybridized carbons (Fsp3) is 0.167. The van der Waals surface area contributed by atoms with Crippen LogP contribution in [0.25, 0.3) is 5.82 Å². The monoisotopic (exact) mass is 514 g/mol. The summed E-state index contributed by atoms with van der Waals surface area (Å²) in [6.07, 6.45) is 0. The van der Waals surface area contributed by atoms with E-state index in [0.717, 1.165) is 17.0 Å². The van der Waals surface area contributed by atoms with Crippen LogP contribution in [0.3, 0.4) is 0 Å². The zero-order chi connectivity index (χ0) is 25.9. The Morgan fingerprint density at radius 1 is 0.889 bits per heavy atom. The lowest BCUT2D eigenvalue weighted by Crippen LogP contribution is -2.19. The zero-order valence-corrected chi connectivity index (χ0v) is 20.2. The molecule has 0 spiro atoms.